The molecule has 0 saturated heterocycles. The lowest BCUT2D eigenvalue weighted by Crippen LogP contribution is -2.30. The summed E-state index contributed by atoms with van der Waals surface area (Å²) in [6, 6.07) is 14.6. The van der Waals surface area contributed by atoms with Crippen molar-refractivity contribution in [1.29, 1.82) is 0 Å². The Labute approximate surface area is 143 Å². The van der Waals surface area contributed by atoms with Crippen molar-refractivity contribution < 1.29 is 0 Å². The van der Waals surface area contributed by atoms with E-state index in [0.29, 0.717) is 0 Å². The van der Waals surface area contributed by atoms with Crippen LogP contribution in [0.1, 0.15) is 17.2 Å². The molecule has 0 aliphatic heterocycles. The van der Waals surface area contributed by atoms with Crippen LogP contribution in [0.4, 0.5) is 0 Å². The molecule has 0 aliphatic carbocycles. The molecule has 100 valence electrons. The van der Waals surface area contributed by atoms with Gasteiger partial charge in [-0.2, -0.15) is 0 Å². The molecule has 2 aromatic carbocycles. The minimum Gasteiger partial charge on any atom is -0.271 e. The zero-order valence-electron chi connectivity index (χ0n) is 10.0. The summed E-state index contributed by atoms with van der Waals surface area (Å²) < 4.78 is 3.36. The van der Waals surface area contributed by atoms with Gasteiger partial charge in [0.25, 0.3) is 0 Å². The molecule has 1 unspecified atom stereocenters. The van der Waals surface area contributed by atoms with Crippen molar-refractivity contribution in [2.45, 2.75) is 12.5 Å². The molecule has 0 amide bonds. The maximum absolute atomic E-state index is 5.72. The molecule has 2 rings (SSSR count). The first-order valence-electron chi connectivity index (χ1n) is 5.75. The lowest BCUT2D eigenvalue weighted by Gasteiger charge is -2.18. The zero-order valence-corrected chi connectivity index (χ0v) is 15.4. The van der Waals surface area contributed by atoms with Crippen LogP contribution in [0.5, 0.6) is 0 Å². The second-order valence-electron chi connectivity index (χ2n) is 4.22. The Morgan fingerprint density at radius 2 is 1.95 bits per heavy atom. The van der Waals surface area contributed by atoms with Crippen LogP contribution in [0.3, 0.4) is 0 Å². The molecule has 0 saturated carbocycles. The minimum atomic E-state index is 0.0818. The Bertz CT molecular complexity index is 575. The van der Waals surface area contributed by atoms with E-state index in [0.717, 1.165) is 15.4 Å². The SMILES string of the molecule is NNC(Cc1cccc(Br)c1)c1cc(I)ccc1Br. The molecule has 0 spiro atoms. The highest BCUT2D eigenvalue weighted by atomic mass is 127. The summed E-state index contributed by atoms with van der Waals surface area (Å²) in [6.07, 6.45) is 0.842. The molecular weight excluding hydrogens is 483 g/mol. The topological polar surface area (TPSA) is 38.0 Å². The first-order valence-corrected chi connectivity index (χ1v) is 8.42. The third-order valence-electron chi connectivity index (χ3n) is 2.86. The van der Waals surface area contributed by atoms with Gasteiger partial charge in [-0.3, -0.25) is 11.3 Å². The van der Waals surface area contributed by atoms with Gasteiger partial charge in [-0.05, 0) is 70.5 Å². The van der Waals surface area contributed by atoms with Crippen LogP contribution in [0, 0.1) is 3.57 Å². The number of nitrogens with one attached hydrogen (secondary N) is 1. The molecule has 3 N–H and O–H groups in total. The molecular formula is C14H13Br2IN2. The summed E-state index contributed by atoms with van der Waals surface area (Å²) in [6.45, 7) is 0. The molecule has 0 heterocycles. The highest BCUT2D eigenvalue weighted by Crippen LogP contribution is 2.28. The second kappa shape index (κ2) is 7.17. The number of hydrazine groups is 1. The van der Waals surface area contributed by atoms with Gasteiger partial charge in [-0.25, -0.2) is 0 Å². The van der Waals surface area contributed by atoms with Crippen LogP contribution < -0.4 is 11.3 Å². The fourth-order valence-corrected chi connectivity index (χ4v) is 3.42. The van der Waals surface area contributed by atoms with E-state index >= 15 is 0 Å². The van der Waals surface area contributed by atoms with Crippen molar-refractivity contribution in [3.05, 3.63) is 66.1 Å². The molecule has 0 bridgehead atoms. The summed E-state index contributed by atoms with van der Waals surface area (Å²) >= 11 is 9.40. The molecule has 0 aromatic heterocycles. The van der Waals surface area contributed by atoms with E-state index in [2.05, 4.69) is 90.2 Å². The van der Waals surface area contributed by atoms with Gasteiger partial charge in [-0.1, -0.05) is 44.0 Å². The average molecular weight is 496 g/mol. The smallest absolute Gasteiger partial charge is 0.0511 e. The Morgan fingerprint density at radius 1 is 1.16 bits per heavy atom. The van der Waals surface area contributed by atoms with Crippen LogP contribution in [-0.2, 0) is 6.42 Å². The number of benzene rings is 2. The summed E-state index contributed by atoms with van der Waals surface area (Å²) in [5.74, 6) is 5.72. The van der Waals surface area contributed by atoms with Crippen molar-refractivity contribution in [3.8, 4) is 0 Å². The van der Waals surface area contributed by atoms with Gasteiger partial charge in [0, 0.05) is 12.5 Å². The van der Waals surface area contributed by atoms with E-state index in [1.807, 2.05) is 12.1 Å². The third kappa shape index (κ3) is 4.26. The van der Waals surface area contributed by atoms with Gasteiger partial charge in [-0.15, -0.1) is 0 Å². The molecule has 1 atom stereocenters. The standard InChI is InChI=1S/C14H13Br2IN2/c15-10-3-1-2-9(6-10)7-14(19-18)12-8-11(17)4-5-13(12)16/h1-6,8,14,19H,7,18H2. The van der Waals surface area contributed by atoms with E-state index in [4.69, 9.17) is 5.84 Å². The average Bonchev–Trinajstić information content (AvgIpc) is 2.39. The van der Waals surface area contributed by atoms with Gasteiger partial charge in [0.05, 0.1) is 6.04 Å². The van der Waals surface area contributed by atoms with E-state index in [1.165, 1.54) is 14.7 Å². The van der Waals surface area contributed by atoms with Gasteiger partial charge in [0.2, 0.25) is 0 Å². The fraction of sp³-hybridized carbons (Fsp3) is 0.143. The molecule has 0 aliphatic rings. The Kier molecular flexibility index (Phi) is 5.83. The van der Waals surface area contributed by atoms with Crippen LogP contribution in [-0.4, -0.2) is 0 Å². The molecule has 0 radical (unpaired) electrons. The predicted octanol–water partition coefficient (Wildman–Crippen LogP) is 4.56. The van der Waals surface area contributed by atoms with E-state index in [-0.39, 0.29) is 6.04 Å². The summed E-state index contributed by atoms with van der Waals surface area (Å²) in [4.78, 5) is 0. The van der Waals surface area contributed by atoms with E-state index in [9.17, 15) is 0 Å². The monoisotopic (exact) mass is 494 g/mol. The van der Waals surface area contributed by atoms with Crippen LogP contribution in [0.2, 0.25) is 0 Å². The maximum Gasteiger partial charge on any atom is 0.0511 e. The molecule has 2 nitrogen and oxygen atoms in total. The second-order valence-corrected chi connectivity index (χ2v) is 7.23. The van der Waals surface area contributed by atoms with Crippen LogP contribution in [0.25, 0.3) is 0 Å². The Balaban J connectivity index is 2.27. The lowest BCUT2D eigenvalue weighted by molar-refractivity contribution is 0.549. The van der Waals surface area contributed by atoms with Crippen molar-refractivity contribution in [2.24, 2.45) is 5.84 Å². The number of hydrogen-bond acceptors (Lipinski definition) is 2. The number of rotatable bonds is 4. The minimum absolute atomic E-state index is 0.0818. The number of hydrogen-bond donors (Lipinski definition) is 2. The van der Waals surface area contributed by atoms with Gasteiger partial charge in [0.1, 0.15) is 0 Å². The first-order chi connectivity index (χ1) is 9.10. The summed E-state index contributed by atoms with van der Waals surface area (Å²) in [5, 5.41) is 0. The lowest BCUT2D eigenvalue weighted by atomic mass is 9.99. The Hall–Kier alpha value is 0.0500. The van der Waals surface area contributed by atoms with Crippen molar-refractivity contribution in [3.63, 3.8) is 0 Å². The normalized spacial score (nSPS) is 12.4. The highest BCUT2D eigenvalue weighted by Gasteiger charge is 2.14. The fourth-order valence-electron chi connectivity index (χ4n) is 1.94. The molecule has 5 heteroatoms. The molecule has 2 aromatic rings. The summed E-state index contributed by atoms with van der Waals surface area (Å²) in [7, 11) is 0. The number of nitrogens with two attached hydrogens (primary N) is 1. The largest absolute Gasteiger partial charge is 0.271 e. The van der Waals surface area contributed by atoms with Crippen molar-refractivity contribution in [1.82, 2.24) is 5.43 Å². The van der Waals surface area contributed by atoms with Gasteiger partial charge in [0.15, 0.2) is 0 Å². The van der Waals surface area contributed by atoms with Gasteiger partial charge >= 0.3 is 0 Å². The van der Waals surface area contributed by atoms with Gasteiger partial charge < -0.3 is 0 Å². The van der Waals surface area contributed by atoms with Crippen LogP contribution in [0.15, 0.2) is 51.4 Å². The predicted molar refractivity (Wildman–Crippen MR) is 94.8 cm³/mol. The van der Waals surface area contributed by atoms with Crippen molar-refractivity contribution >= 4 is 54.5 Å². The molecule has 0 fully saturated rings. The highest BCUT2D eigenvalue weighted by molar-refractivity contribution is 14.1. The first kappa shape index (κ1) is 15.4. The maximum atomic E-state index is 5.72. The quantitative estimate of drug-likeness (QED) is 0.371. The van der Waals surface area contributed by atoms with E-state index in [1.54, 1.807) is 0 Å². The van der Waals surface area contributed by atoms with E-state index < -0.39 is 0 Å². The summed E-state index contributed by atoms with van der Waals surface area (Å²) in [5.41, 5.74) is 5.32. The zero-order chi connectivity index (χ0) is 13.8. The molecule has 19 heavy (non-hydrogen) atoms. The van der Waals surface area contributed by atoms with Crippen molar-refractivity contribution in [2.75, 3.05) is 0 Å². The Morgan fingerprint density at radius 3 is 2.63 bits per heavy atom. The number of halogens is 3. The third-order valence-corrected chi connectivity index (χ3v) is 4.75. The van der Waals surface area contributed by atoms with Crippen LogP contribution >= 0.6 is 54.5 Å².